The molecule has 2 N–H and O–H groups in total. The highest BCUT2D eigenvalue weighted by atomic mass is 16.3. The first-order chi connectivity index (χ1) is 11.3. The number of aromatic nitrogens is 1. The molecule has 4 rings (SSSR count). The van der Waals surface area contributed by atoms with E-state index in [1.165, 1.54) is 0 Å². The average molecular weight is 303 g/mol. The van der Waals surface area contributed by atoms with E-state index in [4.69, 9.17) is 4.42 Å². The zero-order valence-corrected chi connectivity index (χ0v) is 12.4. The van der Waals surface area contributed by atoms with Crippen LogP contribution in [0.3, 0.4) is 0 Å². The molecule has 0 unspecified atom stereocenters. The fourth-order valence-electron chi connectivity index (χ4n) is 2.85. The van der Waals surface area contributed by atoms with Crippen LogP contribution in [-0.2, 0) is 11.2 Å². The minimum absolute atomic E-state index is 0.0692. The van der Waals surface area contributed by atoms with Gasteiger partial charge in [-0.3, -0.25) is 4.79 Å². The van der Waals surface area contributed by atoms with Crippen molar-refractivity contribution in [3.63, 3.8) is 0 Å². The van der Waals surface area contributed by atoms with Gasteiger partial charge in [-0.2, -0.15) is 0 Å². The van der Waals surface area contributed by atoms with Crippen LogP contribution in [0.5, 0.6) is 0 Å². The summed E-state index contributed by atoms with van der Waals surface area (Å²) in [6, 6.07) is 15.8. The van der Waals surface area contributed by atoms with Crippen LogP contribution >= 0.6 is 0 Å². The number of anilines is 1. The Morgan fingerprint density at radius 2 is 2.00 bits per heavy atom. The molecule has 0 aliphatic carbocycles. The van der Waals surface area contributed by atoms with E-state index in [1.54, 1.807) is 18.7 Å². The van der Waals surface area contributed by atoms with Crippen molar-refractivity contribution in [1.82, 2.24) is 0 Å². The van der Waals surface area contributed by atoms with Crippen molar-refractivity contribution in [1.29, 1.82) is 0 Å². The number of carbonyl (C=O) groups is 1. The summed E-state index contributed by atoms with van der Waals surface area (Å²) in [7, 11) is 0. The molecule has 0 spiro atoms. The van der Waals surface area contributed by atoms with Crippen LogP contribution in [0, 0.1) is 0 Å². The van der Waals surface area contributed by atoms with Gasteiger partial charge in [0.25, 0.3) is 0 Å². The maximum absolute atomic E-state index is 12.3. The SMILES string of the molecule is O=C(Cc1coc2ccc3ccccc3c12)Nc1ccc[nH+]c1. The summed E-state index contributed by atoms with van der Waals surface area (Å²) < 4.78 is 5.62. The van der Waals surface area contributed by atoms with Crippen LogP contribution in [0.2, 0.25) is 0 Å². The summed E-state index contributed by atoms with van der Waals surface area (Å²) in [4.78, 5) is 15.2. The predicted octanol–water partition coefficient (Wildman–Crippen LogP) is 3.58. The molecule has 2 aromatic carbocycles. The Labute approximate surface area is 132 Å². The number of fused-ring (bicyclic) bond motifs is 3. The molecular weight excluding hydrogens is 288 g/mol. The second-order valence-corrected chi connectivity index (χ2v) is 5.44. The number of benzene rings is 2. The fraction of sp³-hybridized carbons (Fsp3) is 0.0526. The number of hydrogen-bond acceptors (Lipinski definition) is 2. The van der Waals surface area contributed by atoms with Crippen molar-refractivity contribution in [3.8, 4) is 0 Å². The Morgan fingerprint density at radius 3 is 2.87 bits per heavy atom. The second kappa shape index (κ2) is 5.57. The highest BCUT2D eigenvalue weighted by Crippen LogP contribution is 2.30. The highest BCUT2D eigenvalue weighted by Gasteiger charge is 2.13. The van der Waals surface area contributed by atoms with Gasteiger partial charge < -0.3 is 9.73 Å². The van der Waals surface area contributed by atoms with Gasteiger partial charge in [0.1, 0.15) is 11.3 Å². The molecule has 0 bridgehead atoms. The molecule has 0 fully saturated rings. The third-order valence-electron chi connectivity index (χ3n) is 3.88. The summed E-state index contributed by atoms with van der Waals surface area (Å²) in [5, 5.41) is 6.14. The van der Waals surface area contributed by atoms with Gasteiger partial charge in [0.05, 0.1) is 12.7 Å². The Hall–Kier alpha value is -3.14. The van der Waals surface area contributed by atoms with E-state index < -0.39 is 0 Å². The van der Waals surface area contributed by atoms with E-state index in [2.05, 4.69) is 22.4 Å². The summed E-state index contributed by atoms with van der Waals surface area (Å²) in [5.41, 5.74) is 2.45. The molecule has 4 nitrogen and oxygen atoms in total. The number of carbonyl (C=O) groups excluding carboxylic acids is 1. The molecule has 2 heterocycles. The van der Waals surface area contributed by atoms with Gasteiger partial charge in [-0.25, -0.2) is 4.98 Å². The van der Waals surface area contributed by atoms with Gasteiger partial charge in [-0.15, -0.1) is 0 Å². The largest absolute Gasteiger partial charge is 0.464 e. The van der Waals surface area contributed by atoms with Gasteiger partial charge in [-0.1, -0.05) is 30.3 Å². The number of pyridine rings is 1. The lowest BCUT2D eigenvalue weighted by Gasteiger charge is -2.03. The minimum atomic E-state index is -0.0692. The number of H-pyrrole nitrogens is 1. The summed E-state index contributed by atoms with van der Waals surface area (Å²) >= 11 is 0. The lowest BCUT2D eigenvalue weighted by Crippen LogP contribution is -2.15. The van der Waals surface area contributed by atoms with Crippen LogP contribution in [0.15, 0.2) is 71.6 Å². The standard InChI is InChI=1S/C19H14N2O2/c22-18(21-15-5-3-9-20-11-15)10-14-12-23-17-8-7-13-4-1-2-6-16(13)19(14)17/h1-9,11-12H,10H2,(H,21,22)/p+1. The number of aromatic amines is 1. The van der Waals surface area contributed by atoms with Crippen LogP contribution in [-0.4, -0.2) is 5.91 Å². The van der Waals surface area contributed by atoms with Crippen LogP contribution in [0.1, 0.15) is 5.56 Å². The second-order valence-electron chi connectivity index (χ2n) is 5.44. The molecule has 0 aliphatic heterocycles. The Bertz CT molecular complexity index is 990. The summed E-state index contributed by atoms with van der Waals surface area (Å²) in [5.74, 6) is -0.0692. The first-order valence-electron chi connectivity index (χ1n) is 7.45. The van der Waals surface area contributed by atoms with E-state index in [0.29, 0.717) is 0 Å². The first-order valence-corrected chi connectivity index (χ1v) is 7.45. The van der Waals surface area contributed by atoms with Gasteiger partial charge in [0.15, 0.2) is 12.4 Å². The quantitative estimate of drug-likeness (QED) is 0.629. The normalized spacial score (nSPS) is 11.0. The third kappa shape index (κ3) is 2.55. The van der Waals surface area contributed by atoms with Crippen molar-refractivity contribution >= 4 is 33.3 Å². The lowest BCUT2D eigenvalue weighted by atomic mass is 10.0. The van der Waals surface area contributed by atoms with Crippen molar-refractivity contribution in [2.75, 3.05) is 5.32 Å². The molecule has 0 atom stereocenters. The predicted molar refractivity (Wildman–Crippen MR) is 89.1 cm³/mol. The Morgan fingerprint density at radius 1 is 1.09 bits per heavy atom. The number of nitrogens with one attached hydrogen (secondary N) is 2. The Kier molecular flexibility index (Phi) is 3.27. The fourth-order valence-corrected chi connectivity index (χ4v) is 2.85. The van der Waals surface area contributed by atoms with Crippen molar-refractivity contribution in [2.45, 2.75) is 6.42 Å². The van der Waals surface area contributed by atoms with Crippen molar-refractivity contribution in [2.24, 2.45) is 0 Å². The van der Waals surface area contributed by atoms with E-state index in [-0.39, 0.29) is 12.3 Å². The molecule has 4 heteroatoms. The van der Waals surface area contributed by atoms with Crippen LogP contribution in [0.4, 0.5) is 5.69 Å². The third-order valence-corrected chi connectivity index (χ3v) is 3.88. The molecule has 0 aliphatic rings. The summed E-state index contributed by atoms with van der Waals surface area (Å²) in [6.45, 7) is 0. The molecular formula is C19H15N2O2+. The molecule has 112 valence electrons. The highest BCUT2D eigenvalue weighted by molar-refractivity contribution is 6.08. The number of amides is 1. The first kappa shape index (κ1) is 13.5. The minimum Gasteiger partial charge on any atom is -0.464 e. The number of hydrogen-bond donors (Lipinski definition) is 1. The van der Waals surface area contributed by atoms with E-state index in [0.717, 1.165) is 33.0 Å². The Balaban J connectivity index is 1.69. The molecule has 2 aromatic heterocycles. The van der Waals surface area contributed by atoms with Crippen molar-refractivity contribution in [3.05, 3.63) is 72.8 Å². The molecule has 4 aromatic rings. The van der Waals surface area contributed by atoms with Gasteiger partial charge in [0, 0.05) is 17.0 Å². The maximum atomic E-state index is 12.3. The lowest BCUT2D eigenvalue weighted by molar-refractivity contribution is -0.377. The molecule has 0 radical (unpaired) electrons. The topological polar surface area (TPSA) is 56.4 Å². The smallest absolute Gasteiger partial charge is 0.229 e. The van der Waals surface area contributed by atoms with Crippen LogP contribution in [0.25, 0.3) is 21.7 Å². The van der Waals surface area contributed by atoms with Gasteiger partial charge in [0.2, 0.25) is 5.91 Å². The molecule has 0 saturated heterocycles. The zero-order valence-electron chi connectivity index (χ0n) is 12.4. The number of furan rings is 1. The van der Waals surface area contributed by atoms with Crippen LogP contribution < -0.4 is 10.3 Å². The monoisotopic (exact) mass is 303 g/mol. The van der Waals surface area contributed by atoms with Crippen molar-refractivity contribution < 1.29 is 14.2 Å². The maximum Gasteiger partial charge on any atom is 0.229 e. The van der Waals surface area contributed by atoms with Gasteiger partial charge >= 0.3 is 0 Å². The summed E-state index contributed by atoms with van der Waals surface area (Å²) in [6.07, 6.45) is 5.50. The van der Waals surface area contributed by atoms with E-state index in [9.17, 15) is 4.79 Å². The van der Waals surface area contributed by atoms with Gasteiger partial charge in [-0.05, 0) is 22.9 Å². The zero-order chi connectivity index (χ0) is 15.6. The molecule has 23 heavy (non-hydrogen) atoms. The average Bonchev–Trinajstić information content (AvgIpc) is 2.99. The molecule has 1 amide bonds. The van der Waals surface area contributed by atoms with E-state index >= 15 is 0 Å². The molecule has 0 saturated carbocycles. The number of rotatable bonds is 3. The van der Waals surface area contributed by atoms with E-state index in [1.807, 2.05) is 36.4 Å².